The van der Waals surface area contributed by atoms with E-state index < -0.39 is 0 Å². The van der Waals surface area contributed by atoms with Gasteiger partial charge in [-0.15, -0.1) is 0 Å². The van der Waals surface area contributed by atoms with E-state index in [2.05, 4.69) is 68.9 Å². The first-order chi connectivity index (χ1) is 8.70. The topological polar surface area (TPSA) is 29.9 Å². The zero-order valence-corrected chi connectivity index (χ0v) is 12.3. The van der Waals surface area contributed by atoms with E-state index in [4.69, 9.17) is 0 Å². The molecule has 0 aliphatic rings. The lowest BCUT2D eigenvalue weighted by molar-refractivity contribution is 0.540. The Morgan fingerprint density at radius 1 is 1.33 bits per heavy atom. The predicted octanol–water partition coefficient (Wildman–Crippen LogP) is 3.52. The summed E-state index contributed by atoms with van der Waals surface area (Å²) < 4.78 is 3.27. The summed E-state index contributed by atoms with van der Waals surface area (Å²) in [5, 5.41) is 3.50. The molecule has 0 saturated heterocycles. The Morgan fingerprint density at radius 2 is 2.06 bits per heavy atom. The van der Waals surface area contributed by atoms with Gasteiger partial charge in [-0.3, -0.25) is 0 Å². The Kier molecular flexibility index (Phi) is 4.55. The summed E-state index contributed by atoms with van der Waals surface area (Å²) in [6.45, 7) is 6.05. The number of benzene rings is 1. The lowest BCUT2D eigenvalue weighted by Crippen LogP contribution is -2.20. The monoisotopic (exact) mass is 307 g/mol. The molecule has 1 heterocycles. The highest BCUT2D eigenvalue weighted by Gasteiger charge is 2.06. The molecule has 0 spiro atoms. The molecule has 2 rings (SSSR count). The lowest BCUT2D eigenvalue weighted by Gasteiger charge is -2.14. The summed E-state index contributed by atoms with van der Waals surface area (Å²) in [6, 6.07) is 8.73. The van der Waals surface area contributed by atoms with Crippen LogP contribution >= 0.6 is 15.9 Å². The molecule has 96 valence electrons. The third kappa shape index (κ3) is 3.21. The van der Waals surface area contributed by atoms with Gasteiger partial charge in [0, 0.05) is 29.5 Å². The fourth-order valence-corrected chi connectivity index (χ4v) is 2.17. The predicted molar refractivity (Wildman–Crippen MR) is 77.3 cm³/mol. The molecule has 0 amide bonds. The van der Waals surface area contributed by atoms with Crippen LogP contribution in [0.5, 0.6) is 0 Å². The van der Waals surface area contributed by atoms with Crippen LogP contribution in [-0.2, 0) is 13.1 Å². The van der Waals surface area contributed by atoms with Crippen molar-refractivity contribution in [2.45, 2.75) is 33.0 Å². The van der Waals surface area contributed by atoms with Crippen LogP contribution in [0.15, 0.2) is 41.1 Å². The minimum Gasteiger partial charge on any atom is -0.334 e. The van der Waals surface area contributed by atoms with Gasteiger partial charge in [-0.2, -0.15) is 0 Å². The van der Waals surface area contributed by atoms with Crippen molar-refractivity contribution in [2.24, 2.45) is 0 Å². The highest BCUT2D eigenvalue weighted by Crippen LogP contribution is 2.16. The number of halogens is 1. The van der Waals surface area contributed by atoms with Crippen LogP contribution < -0.4 is 5.32 Å². The second kappa shape index (κ2) is 6.16. The van der Waals surface area contributed by atoms with Crippen LogP contribution in [0.4, 0.5) is 0 Å². The van der Waals surface area contributed by atoms with Gasteiger partial charge in [0.1, 0.15) is 5.82 Å². The minimum atomic E-state index is 0.320. The molecule has 1 unspecified atom stereocenters. The Bertz CT molecular complexity index is 490. The molecule has 0 aliphatic carbocycles. The van der Waals surface area contributed by atoms with Gasteiger partial charge < -0.3 is 9.88 Å². The molecule has 0 aliphatic heterocycles. The van der Waals surface area contributed by atoms with Crippen molar-refractivity contribution < 1.29 is 0 Å². The maximum absolute atomic E-state index is 4.36. The smallest absolute Gasteiger partial charge is 0.122 e. The summed E-state index contributed by atoms with van der Waals surface area (Å²) in [4.78, 5) is 4.36. The maximum Gasteiger partial charge on any atom is 0.122 e. The van der Waals surface area contributed by atoms with Crippen LogP contribution in [0.25, 0.3) is 0 Å². The Balaban J connectivity index is 1.96. The quantitative estimate of drug-likeness (QED) is 0.916. The van der Waals surface area contributed by atoms with Gasteiger partial charge >= 0.3 is 0 Å². The molecule has 1 atom stereocenters. The van der Waals surface area contributed by atoms with E-state index in [9.17, 15) is 0 Å². The lowest BCUT2D eigenvalue weighted by atomic mass is 10.1. The number of imidazole rings is 1. The van der Waals surface area contributed by atoms with Crippen molar-refractivity contribution in [2.75, 3.05) is 0 Å². The third-order valence-electron chi connectivity index (χ3n) is 3.08. The van der Waals surface area contributed by atoms with Gasteiger partial charge in [-0.1, -0.05) is 28.1 Å². The van der Waals surface area contributed by atoms with Gasteiger partial charge in [0.2, 0.25) is 0 Å². The number of hydrogen-bond acceptors (Lipinski definition) is 2. The summed E-state index contributed by atoms with van der Waals surface area (Å²) in [5.74, 6) is 1.08. The Labute approximate surface area is 116 Å². The molecule has 2 aromatic rings. The summed E-state index contributed by atoms with van der Waals surface area (Å²) in [5.41, 5.74) is 1.29. The number of hydrogen-bond donors (Lipinski definition) is 1. The van der Waals surface area contributed by atoms with E-state index in [1.54, 1.807) is 0 Å². The molecule has 3 nitrogen and oxygen atoms in total. The zero-order chi connectivity index (χ0) is 13.0. The number of aryl methyl sites for hydroxylation is 1. The van der Waals surface area contributed by atoms with Crippen LogP contribution in [0.1, 0.15) is 31.3 Å². The average Bonchev–Trinajstić information content (AvgIpc) is 2.84. The molecule has 18 heavy (non-hydrogen) atoms. The normalized spacial score (nSPS) is 12.6. The fraction of sp³-hybridized carbons (Fsp3) is 0.357. The Hall–Kier alpha value is -1.13. The van der Waals surface area contributed by atoms with Gasteiger partial charge in [-0.05, 0) is 31.5 Å². The van der Waals surface area contributed by atoms with E-state index in [0.29, 0.717) is 6.04 Å². The summed E-state index contributed by atoms with van der Waals surface area (Å²) in [7, 11) is 0. The zero-order valence-electron chi connectivity index (χ0n) is 10.7. The van der Waals surface area contributed by atoms with Gasteiger partial charge in [0.05, 0.1) is 6.54 Å². The average molecular weight is 308 g/mol. The maximum atomic E-state index is 4.36. The van der Waals surface area contributed by atoms with Crippen molar-refractivity contribution in [1.82, 2.24) is 14.9 Å². The number of rotatable bonds is 5. The molecule has 1 aromatic carbocycles. The van der Waals surface area contributed by atoms with Crippen molar-refractivity contribution in [3.63, 3.8) is 0 Å². The van der Waals surface area contributed by atoms with Crippen LogP contribution in [0.2, 0.25) is 0 Å². The van der Waals surface area contributed by atoms with Crippen molar-refractivity contribution in [3.05, 3.63) is 52.5 Å². The largest absolute Gasteiger partial charge is 0.334 e. The number of nitrogens with zero attached hydrogens (tertiary/aromatic N) is 2. The number of aromatic nitrogens is 2. The van der Waals surface area contributed by atoms with Crippen molar-refractivity contribution in [1.29, 1.82) is 0 Å². The van der Waals surface area contributed by atoms with E-state index in [1.807, 2.05) is 12.4 Å². The first kappa shape index (κ1) is 13.3. The molecule has 4 heteroatoms. The van der Waals surface area contributed by atoms with Crippen LogP contribution in [0, 0.1) is 0 Å². The van der Waals surface area contributed by atoms with Gasteiger partial charge in [0.25, 0.3) is 0 Å². The first-order valence-electron chi connectivity index (χ1n) is 6.19. The molecule has 0 radical (unpaired) electrons. The SMILES string of the molecule is CCn1ccnc1CNC(C)c1ccc(Br)cc1. The molecule has 1 N–H and O–H groups in total. The molecular formula is C14H18BrN3. The second-order valence-electron chi connectivity index (χ2n) is 4.28. The highest BCUT2D eigenvalue weighted by atomic mass is 79.9. The second-order valence-corrected chi connectivity index (χ2v) is 5.20. The van der Waals surface area contributed by atoms with Crippen molar-refractivity contribution >= 4 is 15.9 Å². The van der Waals surface area contributed by atoms with E-state index >= 15 is 0 Å². The van der Waals surface area contributed by atoms with E-state index in [1.165, 1.54) is 5.56 Å². The molecule has 0 bridgehead atoms. The molecular weight excluding hydrogens is 290 g/mol. The van der Waals surface area contributed by atoms with E-state index in [-0.39, 0.29) is 0 Å². The minimum absolute atomic E-state index is 0.320. The fourth-order valence-electron chi connectivity index (χ4n) is 1.91. The Morgan fingerprint density at radius 3 is 2.72 bits per heavy atom. The standard InChI is InChI=1S/C14H18BrN3/c1-3-18-9-8-16-14(18)10-17-11(2)12-4-6-13(15)7-5-12/h4-9,11,17H,3,10H2,1-2H3. The number of nitrogens with one attached hydrogen (secondary N) is 1. The van der Waals surface area contributed by atoms with Gasteiger partial charge in [-0.25, -0.2) is 4.98 Å². The highest BCUT2D eigenvalue weighted by molar-refractivity contribution is 9.10. The van der Waals surface area contributed by atoms with Gasteiger partial charge in [0.15, 0.2) is 0 Å². The molecule has 1 aromatic heterocycles. The van der Waals surface area contributed by atoms with Crippen LogP contribution in [0.3, 0.4) is 0 Å². The summed E-state index contributed by atoms with van der Waals surface area (Å²) in [6.07, 6.45) is 3.87. The summed E-state index contributed by atoms with van der Waals surface area (Å²) >= 11 is 3.45. The molecule has 0 fully saturated rings. The molecule has 0 saturated carbocycles. The first-order valence-corrected chi connectivity index (χ1v) is 6.99. The third-order valence-corrected chi connectivity index (χ3v) is 3.61. The van der Waals surface area contributed by atoms with Crippen LogP contribution in [-0.4, -0.2) is 9.55 Å². The van der Waals surface area contributed by atoms with Crippen molar-refractivity contribution in [3.8, 4) is 0 Å². The van der Waals surface area contributed by atoms with E-state index in [0.717, 1.165) is 23.4 Å².